The lowest BCUT2D eigenvalue weighted by atomic mass is 10.1. The minimum Gasteiger partial charge on any atom is -0.352 e. The van der Waals surface area contributed by atoms with Crippen molar-refractivity contribution in [3.8, 4) is 0 Å². The third kappa shape index (κ3) is 3.90. The van der Waals surface area contributed by atoms with Crippen LogP contribution >= 0.6 is 0 Å². The van der Waals surface area contributed by atoms with Crippen molar-refractivity contribution in [3.63, 3.8) is 0 Å². The van der Waals surface area contributed by atoms with Gasteiger partial charge in [-0.05, 0) is 31.9 Å². The molecule has 23 heavy (non-hydrogen) atoms. The number of sulfonamides is 1. The molecule has 1 aromatic carbocycles. The fraction of sp³-hybridized carbons (Fsp3) is 0.562. The summed E-state index contributed by atoms with van der Waals surface area (Å²) in [5.74, 6) is -0.767. The number of hydrogen-bond acceptors (Lipinski definition) is 3. The van der Waals surface area contributed by atoms with Crippen LogP contribution in [0.1, 0.15) is 32.3 Å². The molecule has 0 aliphatic carbocycles. The Morgan fingerprint density at radius 2 is 2.09 bits per heavy atom. The quantitative estimate of drug-likeness (QED) is 0.911. The Morgan fingerprint density at radius 1 is 1.39 bits per heavy atom. The monoisotopic (exact) mass is 342 g/mol. The van der Waals surface area contributed by atoms with Crippen LogP contribution in [0.15, 0.2) is 23.1 Å². The van der Waals surface area contributed by atoms with Crippen molar-refractivity contribution >= 4 is 15.9 Å². The minimum atomic E-state index is -3.76. The molecule has 0 saturated carbocycles. The average Bonchev–Trinajstić information content (AvgIpc) is 2.50. The van der Waals surface area contributed by atoms with E-state index in [4.69, 9.17) is 0 Å². The zero-order chi connectivity index (χ0) is 17.2. The lowest BCUT2D eigenvalue weighted by molar-refractivity contribution is -0.124. The fourth-order valence-corrected chi connectivity index (χ4v) is 4.41. The molecule has 1 fully saturated rings. The van der Waals surface area contributed by atoms with Crippen LogP contribution in [0.2, 0.25) is 0 Å². The Balaban J connectivity index is 2.20. The van der Waals surface area contributed by atoms with Crippen LogP contribution in [0.3, 0.4) is 0 Å². The van der Waals surface area contributed by atoms with Crippen molar-refractivity contribution in [2.75, 3.05) is 13.1 Å². The highest BCUT2D eigenvalue weighted by molar-refractivity contribution is 7.89. The van der Waals surface area contributed by atoms with Crippen molar-refractivity contribution < 1.29 is 17.6 Å². The number of hydrogen-bond donors (Lipinski definition) is 1. The van der Waals surface area contributed by atoms with Crippen LogP contribution in [-0.4, -0.2) is 37.8 Å². The number of benzene rings is 1. The summed E-state index contributed by atoms with van der Waals surface area (Å²) in [5, 5.41) is 2.88. The average molecular weight is 342 g/mol. The first-order chi connectivity index (χ1) is 10.7. The van der Waals surface area contributed by atoms with E-state index in [-0.39, 0.29) is 34.9 Å². The topological polar surface area (TPSA) is 66.5 Å². The van der Waals surface area contributed by atoms with Gasteiger partial charge in [-0.1, -0.05) is 19.9 Å². The molecule has 2 rings (SSSR count). The molecule has 1 aromatic rings. The third-order valence-electron chi connectivity index (χ3n) is 4.09. The molecule has 7 heteroatoms. The highest BCUT2D eigenvalue weighted by atomic mass is 32.2. The van der Waals surface area contributed by atoms with Gasteiger partial charge in [-0.2, -0.15) is 4.31 Å². The van der Waals surface area contributed by atoms with Crippen molar-refractivity contribution in [1.82, 2.24) is 9.62 Å². The molecule has 0 aromatic heterocycles. The molecular formula is C16H23FN2O3S. The number of rotatable bonds is 4. The smallest absolute Gasteiger partial charge is 0.243 e. The number of piperidine rings is 1. The Labute approximate surface area is 136 Å². The zero-order valence-electron chi connectivity index (χ0n) is 13.7. The van der Waals surface area contributed by atoms with E-state index in [2.05, 4.69) is 5.32 Å². The summed E-state index contributed by atoms with van der Waals surface area (Å²) in [6, 6.07) is 3.86. The predicted molar refractivity (Wildman–Crippen MR) is 85.9 cm³/mol. The van der Waals surface area contributed by atoms with Gasteiger partial charge >= 0.3 is 0 Å². The van der Waals surface area contributed by atoms with Crippen molar-refractivity contribution in [2.45, 2.75) is 44.6 Å². The molecule has 5 nitrogen and oxygen atoms in total. The molecule has 0 radical (unpaired) electrons. The maximum atomic E-state index is 13.7. The molecular weight excluding hydrogens is 319 g/mol. The van der Waals surface area contributed by atoms with Crippen LogP contribution in [0.4, 0.5) is 4.39 Å². The zero-order valence-corrected chi connectivity index (χ0v) is 14.5. The van der Waals surface area contributed by atoms with E-state index in [0.717, 1.165) is 6.42 Å². The van der Waals surface area contributed by atoms with Crippen LogP contribution < -0.4 is 5.32 Å². The van der Waals surface area contributed by atoms with E-state index in [1.54, 1.807) is 13.8 Å². The van der Waals surface area contributed by atoms with E-state index >= 15 is 0 Å². The largest absolute Gasteiger partial charge is 0.352 e. The second kappa shape index (κ2) is 6.97. The maximum Gasteiger partial charge on any atom is 0.243 e. The van der Waals surface area contributed by atoms with Gasteiger partial charge < -0.3 is 5.32 Å². The predicted octanol–water partition coefficient (Wildman–Crippen LogP) is 2.06. The molecule has 0 unspecified atom stereocenters. The number of carbonyl (C=O) groups is 1. The molecule has 1 aliphatic rings. The summed E-state index contributed by atoms with van der Waals surface area (Å²) < 4.78 is 40.6. The summed E-state index contributed by atoms with van der Waals surface area (Å²) in [6.45, 7) is 5.65. The van der Waals surface area contributed by atoms with Gasteiger partial charge in [-0.3, -0.25) is 4.79 Å². The van der Waals surface area contributed by atoms with Gasteiger partial charge in [0.05, 0.1) is 4.90 Å². The van der Waals surface area contributed by atoms with Crippen molar-refractivity contribution in [1.29, 1.82) is 0 Å². The molecule has 1 saturated heterocycles. The molecule has 1 atom stereocenters. The second-order valence-electron chi connectivity index (χ2n) is 6.23. The molecule has 1 heterocycles. The van der Waals surface area contributed by atoms with E-state index in [9.17, 15) is 17.6 Å². The molecule has 1 N–H and O–H groups in total. The second-order valence-corrected chi connectivity index (χ2v) is 8.13. The number of nitrogens with zero attached hydrogens (tertiary/aromatic N) is 1. The molecule has 0 spiro atoms. The highest BCUT2D eigenvalue weighted by Gasteiger charge is 2.32. The first kappa shape index (κ1) is 17.9. The van der Waals surface area contributed by atoms with Crippen molar-refractivity contribution in [2.24, 2.45) is 5.92 Å². The summed E-state index contributed by atoms with van der Waals surface area (Å²) >= 11 is 0. The first-order valence-electron chi connectivity index (χ1n) is 7.79. The molecule has 128 valence electrons. The number of amides is 1. The van der Waals surface area contributed by atoms with Gasteiger partial charge in [0.15, 0.2) is 0 Å². The van der Waals surface area contributed by atoms with Gasteiger partial charge in [0.1, 0.15) is 5.82 Å². The van der Waals surface area contributed by atoms with Crippen LogP contribution in [-0.2, 0) is 14.8 Å². The summed E-state index contributed by atoms with van der Waals surface area (Å²) in [6.07, 6.45) is 1.41. The summed E-state index contributed by atoms with van der Waals surface area (Å²) in [7, 11) is -3.76. The minimum absolute atomic E-state index is 0.00617. The fourth-order valence-electron chi connectivity index (χ4n) is 2.65. The Kier molecular flexibility index (Phi) is 5.41. The Morgan fingerprint density at radius 3 is 2.74 bits per heavy atom. The maximum absolute atomic E-state index is 13.7. The Hall–Kier alpha value is -1.47. The van der Waals surface area contributed by atoms with E-state index < -0.39 is 15.8 Å². The Bertz CT molecular complexity index is 689. The van der Waals surface area contributed by atoms with E-state index in [1.807, 2.05) is 0 Å². The summed E-state index contributed by atoms with van der Waals surface area (Å²) in [4.78, 5) is 11.8. The number of halogens is 1. The first-order valence-corrected chi connectivity index (χ1v) is 9.23. The van der Waals surface area contributed by atoms with Gasteiger partial charge in [-0.25, -0.2) is 12.8 Å². The number of nitrogens with one attached hydrogen (secondary N) is 1. The van der Waals surface area contributed by atoms with E-state index in [1.165, 1.54) is 29.4 Å². The highest BCUT2D eigenvalue weighted by Crippen LogP contribution is 2.24. The standard InChI is InChI=1S/C16H23FN2O3S/c1-11(2)16(20)18-13-6-5-9-19(10-13)23(21,22)15-8-4-7-14(17)12(15)3/h4,7-8,11,13H,5-6,9-10H2,1-3H3,(H,18,20)/t13-/m1/s1. The molecule has 1 amide bonds. The molecule has 0 bridgehead atoms. The lowest BCUT2D eigenvalue weighted by Gasteiger charge is -2.33. The number of carbonyl (C=O) groups excluding carboxylic acids is 1. The van der Waals surface area contributed by atoms with Crippen LogP contribution in [0.5, 0.6) is 0 Å². The summed E-state index contributed by atoms with van der Waals surface area (Å²) in [5.41, 5.74) is 0.126. The van der Waals surface area contributed by atoms with Gasteiger partial charge in [-0.15, -0.1) is 0 Å². The van der Waals surface area contributed by atoms with Crippen molar-refractivity contribution in [3.05, 3.63) is 29.6 Å². The van der Waals surface area contributed by atoms with Crippen LogP contribution in [0.25, 0.3) is 0 Å². The third-order valence-corrected chi connectivity index (χ3v) is 6.10. The van der Waals surface area contributed by atoms with Gasteiger partial charge in [0.25, 0.3) is 0 Å². The van der Waals surface area contributed by atoms with Crippen LogP contribution in [0, 0.1) is 18.7 Å². The SMILES string of the molecule is Cc1c(F)cccc1S(=O)(=O)N1CCC[C@@H](NC(=O)C(C)C)C1. The van der Waals surface area contributed by atoms with Gasteiger partial charge in [0.2, 0.25) is 15.9 Å². The van der Waals surface area contributed by atoms with E-state index in [0.29, 0.717) is 13.0 Å². The van der Waals surface area contributed by atoms with Gasteiger partial charge in [0, 0.05) is 30.6 Å². The normalized spacial score (nSPS) is 19.8. The molecule has 1 aliphatic heterocycles. The lowest BCUT2D eigenvalue weighted by Crippen LogP contribution is -2.50.